The van der Waals surface area contributed by atoms with E-state index in [-0.39, 0.29) is 5.91 Å². The highest BCUT2D eigenvalue weighted by molar-refractivity contribution is 5.99. The molecular weight excluding hydrogens is 430 g/mol. The quantitative estimate of drug-likeness (QED) is 0.370. The molecule has 0 unspecified atom stereocenters. The van der Waals surface area contributed by atoms with E-state index >= 15 is 0 Å². The Balaban J connectivity index is 1.56. The molecule has 0 fully saturated rings. The van der Waals surface area contributed by atoms with Crippen LogP contribution in [0.5, 0.6) is 11.6 Å². The number of amides is 1. The highest BCUT2D eigenvalue weighted by Gasteiger charge is 2.20. The van der Waals surface area contributed by atoms with Crippen molar-refractivity contribution in [1.82, 2.24) is 24.8 Å². The van der Waals surface area contributed by atoms with Gasteiger partial charge in [-0.15, -0.1) is 14.8 Å². The van der Waals surface area contributed by atoms with Crippen molar-refractivity contribution in [3.8, 4) is 34.0 Å². The number of carbonyl (C=O) groups is 1. The van der Waals surface area contributed by atoms with Crippen molar-refractivity contribution < 1.29 is 9.53 Å². The van der Waals surface area contributed by atoms with E-state index in [0.29, 0.717) is 34.3 Å². The van der Waals surface area contributed by atoms with E-state index in [4.69, 9.17) is 10.5 Å². The van der Waals surface area contributed by atoms with Crippen molar-refractivity contribution in [2.45, 2.75) is 0 Å². The molecule has 0 saturated heterocycles. The molecule has 0 aliphatic rings. The van der Waals surface area contributed by atoms with Gasteiger partial charge in [-0.3, -0.25) is 4.79 Å². The van der Waals surface area contributed by atoms with Crippen LogP contribution in [-0.4, -0.2) is 30.7 Å². The summed E-state index contributed by atoms with van der Waals surface area (Å²) in [6, 6.07) is 20.3. The van der Waals surface area contributed by atoms with Crippen LogP contribution < -0.4 is 15.8 Å². The molecule has 0 aliphatic carbocycles. The summed E-state index contributed by atoms with van der Waals surface area (Å²) in [4.78, 5) is 19.9. The number of hydrogen-bond donors (Lipinski definition) is 2. The topological polar surface area (TPSA) is 120 Å². The molecule has 3 heterocycles. The summed E-state index contributed by atoms with van der Waals surface area (Å²) in [7, 11) is 0. The van der Waals surface area contributed by atoms with Gasteiger partial charge in [0.25, 0.3) is 0 Å². The van der Waals surface area contributed by atoms with E-state index in [9.17, 15) is 4.79 Å². The fourth-order valence-corrected chi connectivity index (χ4v) is 3.52. The van der Waals surface area contributed by atoms with Gasteiger partial charge in [-0.25, -0.2) is 9.97 Å². The van der Waals surface area contributed by atoms with Crippen LogP contribution in [-0.2, 0) is 4.79 Å². The number of nitrogen functional groups attached to an aromatic ring is 1. The number of nitrogens with zero attached hydrogens (tertiary/aromatic N) is 5. The van der Waals surface area contributed by atoms with Crippen LogP contribution in [0.1, 0.15) is 0 Å². The minimum absolute atomic E-state index is 0.280. The Morgan fingerprint density at radius 2 is 1.76 bits per heavy atom. The molecule has 0 atom stereocenters. The Hall–Kier alpha value is -5.05. The Kier molecular flexibility index (Phi) is 5.41. The van der Waals surface area contributed by atoms with Gasteiger partial charge in [-0.1, -0.05) is 36.9 Å². The maximum Gasteiger partial charge on any atom is 0.247 e. The maximum atomic E-state index is 11.6. The monoisotopic (exact) mass is 449 g/mol. The molecule has 3 N–H and O–H groups in total. The number of nitrogens with two attached hydrogens (primary N) is 1. The van der Waals surface area contributed by atoms with Crippen molar-refractivity contribution in [2.75, 3.05) is 11.1 Å². The van der Waals surface area contributed by atoms with Gasteiger partial charge in [0.2, 0.25) is 11.8 Å². The predicted octanol–water partition coefficient (Wildman–Crippen LogP) is 4.35. The van der Waals surface area contributed by atoms with Crippen LogP contribution in [0.2, 0.25) is 0 Å². The zero-order valence-corrected chi connectivity index (χ0v) is 17.9. The first kappa shape index (κ1) is 20.8. The first-order valence-corrected chi connectivity index (χ1v) is 10.3. The van der Waals surface area contributed by atoms with Crippen LogP contribution >= 0.6 is 0 Å². The largest absolute Gasteiger partial charge is 0.439 e. The molecule has 9 nitrogen and oxygen atoms in total. The molecule has 34 heavy (non-hydrogen) atoms. The molecule has 0 bridgehead atoms. The molecular formula is C25H19N7O2. The fraction of sp³-hybridized carbons (Fsp3) is 0. The molecule has 5 rings (SSSR count). The van der Waals surface area contributed by atoms with Crippen molar-refractivity contribution in [1.29, 1.82) is 0 Å². The highest BCUT2D eigenvalue weighted by Crippen LogP contribution is 2.37. The molecule has 166 valence electrons. The van der Waals surface area contributed by atoms with Gasteiger partial charge in [-0.05, 0) is 42.0 Å². The van der Waals surface area contributed by atoms with Gasteiger partial charge in [-0.2, -0.15) is 0 Å². The van der Waals surface area contributed by atoms with E-state index in [1.807, 2.05) is 48.5 Å². The summed E-state index contributed by atoms with van der Waals surface area (Å²) in [5.41, 5.74) is 10.6. The van der Waals surface area contributed by atoms with Crippen LogP contribution in [0.15, 0.2) is 91.9 Å². The summed E-state index contributed by atoms with van der Waals surface area (Å²) in [5.74, 6) is 1.19. The second-order valence-electron chi connectivity index (χ2n) is 7.27. The SMILES string of the molecule is C=CC(=O)Nc1ccc(-c2nn3ncnc(N)c3c2-c2ccc(Oc3ccccn3)cc2)cc1. The molecule has 0 aliphatic heterocycles. The number of anilines is 2. The van der Waals surface area contributed by atoms with E-state index < -0.39 is 0 Å². The number of hydrogen-bond acceptors (Lipinski definition) is 7. The van der Waals surface area contributed by atoms with Gasteiger partial charge in [0, 0.05) is 29.1 Å². The molecule has 9 heteroatoms. The predicted molar refractivity (Wildman–Crippen MR) is 129 cm³/mol. The molecule has 0 saturated carbocycles. The first-order valence-electron chi connectivity index (χ1n) is 10.3. The Morgan fingerprint density at radius 1 is 1.00 bits per heavy atom. The lowest BCUT2D eigenvalue weighted by Gasteiger charge is -2.08. The number of fused-ring (bicyclic) bond motifs is 1. The average Bonchev–Trinajstić information content (AvgIpc) is 3.26. The normalized spacial score (nSPS) is 10.7. The molecule has 0 radical (unpaired) electrons. The summed E-state index contributed by atoms with van der Waals surface area (Å²) >= 11 is 0. The second kappa shape index (κ2) is 8.83. The van der Waals surface area contributed by atoms with Gasteiger partial charge < -0.3 is 15.8 Å². The average molecular weight is 449 g/mol. The molecule has 0 spiro atoms. The zero-order chi connectivity index (χ0) is 23.5. The Morgan fingerprint density at radius 3 is 2.47 bits per heavy atom. The lowest BCUT2D eigenvalue weighted by Crippen LogP contribution is -2.06. The van der Waals surface area contributed by atoms with Gasteiger partial charge in [0.1, 0.15) is 23.3 Å². The van der Waals surface area contributed by atoms with Gasteiger partial charge in [0.15, 0.2) is 5.82 Å². The standard InChI is InChI=1S/C25H19N7O2/c1-2-20(33)30-18-10-6-17(7-11-18)23-22(24-25(26)28-15-29-32(24)31-23)16-8-12-19(13-9-16)34-21-5-3-4-14-27-21/h2-15H,1H2,(H,30,33)(H2,26,28,29). The van der Waals surface area contributed by atoms with Crippen molar-refractivity contribution in [3.63, 3.8) is 0 Å². The van der Waals surface area contributed by atoms with E-state index in [2.05, 4.69) is 32.1 Å². The number of aromatic nitrogens is 5. The fourth-order valence-electron chi connectivity index (χ4n) is 3.52. The van der Waals surface area contributed by atoms with Crippen LogP contribution in [0, 0.1) is 0 Å². The third kappa shape index (κ3) is 4.05. The number of ether oxygens (including phenoxy) is 1. The molecule has 5 aromatic rings. The Labute approximate surface area is 194 Å². The number of benzene rings is 2. The van der Waals surface area contributed by atoms with Crippen LogP contribution in [0.4, 0.5) is 11.5 Å². The highest BCUT2D eigenvalue weighted by atomic mass is 16.5. The maximum absolute atomic E-state index is 11.6. The lowest BCUT2D eigenvalue weighted by atomic mass is 9.99. The van der Waals surface area contributed by atoms with E-state index in [1.54, 1.807) is 24.4 Å². The summed E-state index contributed by atoms with van der Waals surface area (Å²) in [6.07, 6.45) is 4.25. The second-order valence-corrected chi connectivity index (χ2v) is 7.27. The smallest absolute Gasteiger partial charge is 0.247 e. The molecule has 3 aromatic heterocycles. The third-order valence-corrected chi connectivity index (χ3v) is 5.08. The van der Waals surface area contributed by atoms with E-state index in [1.165, 1.54) is 17.0 Å². The Bertz CT molecular complexity index is 1480. The first-order chi connectivity index (χ1) is 16.6. The third-order valence-electron chi connectivity index (χ3n) is 5.08. The van der Waals surface area contributed by atoms with Crippen LogP contribution in [0.3, 0.4) is 0 Å². The minimum Gasteiger partial charge on any atom is -0.439 e. The van der Waals surface area contributed by atoms with Crippen molar-refractivity contribution in [2.24, 2.45) is 0 Å². The number of nitrogens with one attached hydrogen (secondary N) is 1. The number of rotatable bonds is 6. The van der Waals surface area contributed by atoms with Gasteiger partial charge >= 0.3 is 0 Å². The lowest BCUT2D eigenvalue weighted by molar-refractivity contribution is -0.111. The summed E-state index contributed by atoms with van der Waals surface area (Å²) < 4.78 is 7.28. The summed E-state index contributed by atoms with van der Waals surface area (Å²) in [5, 5.41) is 11.6. The van der Waals surface area contributed by atoms with Crippen LogP contribution in [0.25, 0.3) is 27.9 Å². The zero-order valence-electron chi connectivity index (χ0n) is 17.9. The summed E-state index contributed by atoms with van der Waals surface area (Å²) in [6.45, 7) is 3.47. The van der Waals surface area contributed by atoms with Gasteiger partial charge in [0.05, 0.1) is 0 Å². The van der Waals surface area contributed by atoms with Crippen molar-refractivity contribution in [3.05, 3.63) is 91.9 Å². The minimum atomic E-state index is -0.280. The molecule has 2 aromatic carbocycles. The van der Waals surface area contributed by atoms with Crippen molar-refractivity contribution >= 4 is 22.9 Å². The molecule has 1 amide bonds. The number of carbonyl (C=O) groups excluding carboxylic acids is 1. The number of pyridine rings is 1. The van der Waals surface area contributed by atoms with E-state index in [0.717, 1.165) is 16.7 Å².